The first-order chi connectivity index (χ1) is 14.2. The monoisotopic (exact) mass is 423 g/mol. The number of nitrogens with zero attached hydrogens (tertiary/aromatic N) is 3. The lowest BCUT2D eigenvalue weighted by molar-refractivity contribution is -0.140. The fourth-order valence-corrected chi connectivity index (χ4v) is 2.92. The Hall–Kier alpha value is -3.34. The van der Waals surface area contributed by atoms with Gasteiger partial charge in [0.25, 0.3) is 0 Å². The van der Waals surface area contributed by atoms with E-state index in [9.17, 15) is 27.5 Å². The third kappa shape index (κ3) is 4.46. The van der Waals surface area contributed by atoms with Gasteiger partial charge in [0, 0.05) is 12.7 Å². The van der Waals surface area contributed by atoms with Gasteiger partial charge in [0.1, 0.15) is 23.2 Å². The van der Waals surface area contributed by atoms with E-state index < -0.39 is 29.6 Å². The SMILES string of the molecule is CCNC[C@@H](Nc1ncnc2c(C(=O)O)ccnc12)c1ccc(F)c(C(F)(F)F)c1. The number of hydrogen-bond acceptors (Lipinski definition) is 6. The maximum atomic E-state index is 13.7. The predicted octanol–water partition coefficient (Wildman–Crippen LogP) is 3.64. The Morgan fingerprint density at radius 2 is 1.93 bits per heavy atom. The lowest BCUT2D eigenvalue weighted by Gasteiger charge is -2.22. The topological polar surface area (TPSA) is 100 Å². The van der Waals surface area contributed by atoms with Crippen molar-refractivity contribution < 1.29 is 27.5 Å². The molecule has 0 saturated heterocycles. The minimum Gasteiger partial charge on any atom is -0.478 e. The number of halogens is 4. The molecule has 1 aromatic carbocycles. The molecule has 0 aliphatic carbocycles. The molecule has 0 radical (unpaired) electrons. The van der Waals surface area contributed by atoms with Crippen molar-refractivity contribution in [2.24, 2.45) is 0 Å². The summed E-state index contributed by atoms with van der Waals surface area (Å²) in [4.78, 5) is 23.5. The second-order valence-electron chi connectivity index (χ2n) is 6.32. The highest BCUT2D eigenvalue weighted by atomic mass is 19.4. The summed E-state index contributed by atoms with van der Waals surface area (Å²) in [6.07, 6.45) is -2.43. The van der Waals surface area contributed by atoms with Crippen LogP contribution in [0.1, 0.15) is 34.5 Å². The van der Waals surface area contributed by atoms with E-state index in [-0.39, 0.29) is 34.5 Å². The number of carbonyl (C=O) groups is 1. The molecule has 2 aromatic heterocycles. The van der Waals surface area contributed by atoms with Crippen LogP contribution in [-0.2, 0) is 6.18 Å². The lowest BCUT2D eigenvalue weighted by atomic mass is 10.0. The van der Waals surface area contributed by atoms with E-state index >= 15 is 0 Å². The van der Waals surface area contributed by atoms with Gasteiger partial charge >= 0.3 is 12.1 Å². The fraction of sp³-hybridized carbons (Fsp3) is 0.263. The van der Waals surface area contributed by atoms with Gasteiger partial charge in [-0.25, -0.2) is 19.2 Å². The molecule has 0 saturated carbocycles. The molecule has 0 spiro atoms. The molecule has 1 atom stereocenters. The molecule has 3 rings (SSSR count). The Bertz CT molecular complexity index is 1070. The molecule has 11 heteroatoms. The second-order valence-corrected chi connectivity index (χ2v) is 6.32. The Morgan fingerprint density at radius 3 is 2.60 bits per heavy atom. The van der Waals surface area contributed by atoms with Crippen molar-refractivity contribution in [2.75, 3.05) is 18.4 Å². The number of fused-ring (bicyclic) bond motifs is 1. The van der Waals surface area contributed by atoms with Gasteiger partial charge < -0.3 is 15.7 Å². The number of carboxylic acids is 1. The van der Waals surface area contributed by atoms with E-state index in [1.807, 2.05) is 6.92 Å². The molecule has 0 aliphatic rings. The van der Waals surface area contributed by atoms with Crippen LogP contribution in [0.3, 0.4) is 0 Å². The summed E-state index contributed by atoms with van der Waals surface area (Å²) in [5, 5.41) is 15.3. The molecule has 0 unspecified atom stereocenters. The largest absolute Gasteiger partial charge is 0.478 e. The summed E-state index contributed by atoms with van der Waals surface area (Å²) in [6.45, 7) is 2.56. The number of benzene rings is 1. The normalized spacial score (nSPS) is 12.7. The van der Waals surface area contributed by atoms with E-state index in [0.717, 1.165) is 18.5 Å². The van der Waals surface area contributed by atoms with Crippen LogP contribution in [0.2, 0.25) is 0 Å². The number of rotatable bonds is 7. The summed E-state index contributed by atoms with van der Waals surface area (Å²) in [5.74, 6) is -2.43. The molecule has 158 valence electrons. The van der Waals surface area contributed by atoms with Gasteiger partial charge in [-0.3, -0.25) is 4.98 Å². The average molecular weight is 423 g/mol. The minimum absolute atomic E-state index is 0.0831. The van der Waals surface area contributed by atoms with Crippen molar-refractivity contribution in [3.63, 3.8) is 0 Å². The molecule has 3 aromatic rings. The van der Waals surface area contributed by atoms with Gasteiger partial charge in [0.15, 0.2) is 5.82 Å². The van der Waals surface area contributed by atoms with Crippen molar-refractivity contribution in [1.29, 1.82) is 0 Å². The smallest absolute Gasteiger partial charge is 0.419 e. The first-order valence-electron chi connectivity index (χ1n) is 8.89. The molecule has 0 aliphatic heterocycles. The average Bonchev–Trinajstić information content (AvgIpc) is 2.70. The summed E-state index contributed by atoms with van der Waals surface area (Å²) >= 11 is 0. The van der Waals surface area contributed by atoms with E-state index in [1.165, 1.54) is 18.3 Å². The van der Waals surface area contributed by atoms with Crippen LogP contribution in [0.5, 0.6) is 0 Å². The number of pyridine rings is 1. The molecular formula is C19H17F4N5O2. The van der Waals surface area contributed by atoms with Gasteiger partial charge in [-0.1, -0.05) is 13.0 Å². The Labute approximate surface area is 168 Å². The third-order valence-corrected chi connectivity index (χ3v) is 4.36. The highest BCUT2D eigenvalue weighted by Gasteiger charge is 2.34. The molecule has 2 heterocycles. The zero-order chi connectivity index (χ0) is 21.9. The summed E-state index contributed by atoms with van der Waals surface area (Å²) in [7, 11) is 0. The zero-order valence-electron chi connectivity index (χ0n) is 15.7. The van der Waals surface area contributed by atoms with Crippen LogP contribution >= 0.6 is 0 Å². The van der Waals surface area contributed by atoms with Crippen molar-refractivity contribution >= 4 is 22.8 Å². The summed E-state index contributed by atoms with van der Waals surface area (Å²) in [5.41, 5.74) is -1.06. The van der Waals surface area contributed by atoms with Gasteiger partial charge in [-0.05, 0) is 30.3 Å². The van der Waals surface area contributed by atoms with Gasteiger partial charge in [-0.2, -0.15) is 13.2 Å². The van der Waals surface area contributed by atoms with E-state index in [4.69, 9.17) is 0 Å². The molecule has 0 fully saturated rings. The van der Waals surface area contributed by atoms with E-state index in [0.29, 0.717) is 6.54 Å². The lowest BCUT2D eigenvalue weighted by Crippen LogP contribution is -2.27. The Balaban J connectivity index is 2.05. The first kappa shape index (κ1) is 21.4. The van der Waals surface area contributed by atoms with E-state index in [1.54, 1.807) is 0 Å². The van der Waals surface area contributed by atoms with Crippen molar-refractivity contribution in [3.05, 3.63) is 59.3 Å². The predicted molar refractivity (Wildman–Crippen MR) is 101 cm³/mol. The molecular weight excluding hydrogens is 406 g/mol. The maximum Gasteiger partial charge on any atom is 0.419 e. The highest BCUT2D eigenvalue weighted by molar-refractivity contribution is 6.02. The van der Waals surface area contributed by atoms with Crippen LogP contribution in [0.15, 0.2) is 36.8 Å². The number of alkyl halides is 3. The zero-order valence-corrected chi connectivity index (χ0v) is 15.7. The molecule has 3 N–H and O–H groups in total. The van der Waals surface area contributed by atoms with Crippen LogP contribution in [0.4, 0.5) is 23.4 Å². The maximum absolute atomic E-state index is 13.7. The van der Waals surface area contributed by atoms with Crippen molar-refractivity contribution in [3.8, 4) is 0 Å². The quantitative estimate of drug-likeness (QED) is 0.499. The van der Waals surface area contributed by atoms with Gasteiger partial charge in [-0.15, -0.1) is 0 Å². The molecule has 0 amide bonds. The van der Waals surface area contributed by atoms with Crippen LogP contribution < -0.4 is 10.6 Å². The Kier molecular flexibility index (Phi) is 6.11. The van der Waals surface area contributed by atoms with Crippen molar-refractivity contribution in [2.45, 2.75) is 19.1 Å². The second kappa shape index (κ2) is 8.57. The summed E-state index contributed by atoms with van der Waals surface area (Å²) < 4.78 is 53.1. The number of aromatic carboxylic acids is 1. The molecule has 0 bridgehead atoms. The molecule has 7 nitrogen and oxygen atoms in total. The fourth-order valence-electron chi connectivity index (χ4n) is 2.92. The number of aromatic nitrogens is 3. The summed E-state index contributed by atoms with van der Waals surface area (Å²) in [6, 6.07) is 3.30. The molecule has 30 heavy (non-hydrogen) atoms. The van der Waals surface area contributed by atoms with Crippen LogP contribution in [0, 0.1) is 5.82 Å². The third-order valence-electron chi connectivity index (χ3n) is 4.36. The van der Waals surface area contributed by atoms with E-state index in [2.05, 4.69) is 25.6 Å². The standard InChI is InChI=1S/C19H17F4N5O2/c1-2-24-8-14(10-3-4-13(20)12(7-10)19(21,22)23)28-17-16-15(26-9-27-17)11(18(29)30)5-6-25-16/h3-7,9,14,24H,2,8H2,1H3,(H,29,30)(H,26,27,28)/t14-/m1/s1. The van der Waals surface area contributed by atoms with Crippen LogP contribution in [0.25, 0.3) is 11.0 Å². The number of likely N-dealkylation sites (N-methyl/N-ethyl adjacent to an activating group) is 1. The number of nitrogens with one attached hydrogen (secondary N) is 2. The minimum atomic E-state index is -4.84. The van der Waals surface area contributed by atoms with Gasteiger partial charge in [0.2, 0.25) is 0 Å². The first-order valence-corrected chi connectivity index (χ1v) is 8.89. The van der Waals surface area contributed by atoms with Crippen molar-refractivity contribution in [1.82, 2.24) is 20.3 Å². The van der Waals surface area contributed by atoms with Gasteiger partial charge in [0.05, 0.1) is 17.2 Å². The Morgan fingerprint density at radius 1 is 1.17 bits per heavy atom. The number of anilines is 1. The number of carboxylic acid groups (broad SMARTS) is 1. The highest BCUT2D eigenvalue weighted by Crippen LogP contribution is 2.34. The van der Waals surface area contributed by atoms with Crippen LogP contribution in [-0.4, -0.2) is 39.1 Å². The number of hydrogen-bond donors (Lipinski definition) is 3.